The number of aliphatic hydroxyl groups is 1. The van der Waals surface area contributed by atoms with Crippen LogP contribution in [0.5, 0.6) is 0 Å². The van der Waals surface area contributed by atoms with E-state index in [0.29, 0.717) is 6.61 Å². The lowest BCUT2D eigenvalue weighted by Gasteiger charge is -2.01. The zero-order valence-electron chi connectivity index (χ0n) is 9.39. The summed E-state index contributed by atoms with van der Waals surface area (Å²) in [6.45, 7) is 4.83. The van der Waals surface area contributed by atoms with Crippen molar-refractivity contribution in [3.8, 4) is 0 Å². The maximum Gasteiger partial charge on any atom is 0.394 e. The molecule has 0 aromatic rings. The van der Waals surface area contributed by atoms with Crippen LogP contribution in [0.2, 0.25) is 0 Å². The largest absolute Gasteiger partial charge is 0.396 e. The van der Waals surface area contributed by atoms with Gasteiger partial charge in [0.1, 0.15) is 0 Å². The predicted octanol–water partition coefficient (Wildman–Crippen LogP) is 1.70. The van der Waals surface area contributed by atoms with E-state index in [4.69, 9.17) is 22.6 Å². The van der Waals surface area contributed by atoms with Crippen LogP contribution in [0.3, 0.4) is 0 Å². The van der Waals surface area contributed by atoms with Gasteiger partial charge in [-0.2, -0.15) is 8.42 Å². The molecule has 0 spiro atoms. The fraction of sp³-hybridized carbons (Fsp3) is 1.00. The van der Waals surface area contributed by atoms with E-state index in [9.17, 15) is 0 Å². The van der Waals surface area contributed by atoms with E-state index in [-0.39, 0.29) is 6.15 Å². The van der Waals surface area contributed by atoms with Gasteiger partial charge in [-0.05, 0) is 12.3 Å². The van der Waals surface area contributed by atoms with Crippen LogP contribution in [0, 0.1) is 5.92 Å². The third-order valence-electron chi connectivity index (χ3n) is 1.44. The Morgan fingerprint density at radius 3 is 1.73 bits per heavy atom. The number of hydrogen-bond acceptors (Lipinski definition) is 4. The van der Waals surface area contributed by atoms with Gasteiger partial charge in [0.2, 0.25) is 0 Å². The van der Waals surface area contributed by atoms with E-state index >= 15 is 0 Å². The summed E-state index contributed by atoms with van der Waals surface area (Å²) in [6.07, 6.45) is 4.75. The molecule has 0 radical (unpaired) electrons. The summed E-state index contributed by atoms with van der Waals surface area (Å²) in [6, 6.07) is 0. The average molecular weight is 245 g/mol. The van der Waals surface area contributed by atoms with Crippen LogP contribution in [-0.2, 0) is 10.4 Å². The fourth-order valence-corrected chi connectivity index (χ4v) is 0.841. The summed E-state index contributed by atoms with van der Waals surface area (Å²) in [4.78, 5) is 0. The normalized spacial score (nSPS) is 10.3. The van der Waals surface area contributed by atoms with Crippen LogP contribution >= 0.6 is 0 Å². The maximum atomic E-state index is 8.74. The minimum absolute atomic E-state index is 0. The smallest absolute Gasteiger partial charge is 0.394 e. The molecule has 0 unspecified atom stereocenters. The van der Waals surface area contributed by atoms with Crippen LogP contribution in [0.1, 0.15) is 39.5 Å². The fourth-order valence-electron chi connectivity index (χ4n) is 0.841. The second-order valence-electron chi connectivity index (χ2n) is 3.41. The zero-order chi connectivity index (χ0) is 11.6. The maximum absolute atomic E-state index is 8.74. The van der Waals surface area contributed by atoms with Crippen LogP contribution in [0.4, 0.5) is 0 Å². The first-order valence-electron chi connectivity index (χ1n) is 4.58. The van der Waals surface area contributed by atoms with Gasteiger partial charge in [0.25, 0.3) is 0 Å². The van der Waals surface area contributed by atoms with Gasteiger partial charge >= 0.3 is 10.4 Å². The highest BCUT2D eigenvalue weighted by Crippen LogP contribution is 2.06. The number of hydrogen-bond donors (Lipinski definition) is 4. The second-order valence-corrected chi connectivity index (χ2v) is 4.31. The van der Waals surface area contributed by atoms with Crippen LogP contribution < -0.4 is 6.15 Å². The van der Waals surface area contributed by atoms with Gasteiger partial charge in [0.05, 0.1) is 0 Å². The van der Waals surface area contributed by atoms with Crippen LogP contribution in [-0.4, -0.2) is 29.2 Å². The molecule has 0 aliphatic heterocycles. The molecule has 0 amide bonds. The highest BCUT2D eigenvalue weighted by Gasteiger charge is 1.92. The monoisotopic (exact) mass is 245 g/mol. The van der Waals surface area contributed by atoms with Crippen molar-refractivity contribution in [2.45, 2.75) is 39.5 Å². The van der Waals surface area contributed by atoms with Crippen molar-refractivity contribution < 1.29 is 22.6 Å². The summed E-state index contributed by atoms with van der Waals surface area (Å²) in [5, 5.41) is 8.43. The first-order valence-corrected chi connectivity index (χ1v) is 5.97. The standard InChI is InChI=1S/C8H18O.H3N.H2O4S/c1-8(2)6-4-3-5-7-9;;1-5(2,3)4/h8-9H,3-7H2,1-2H3;1H3;(H2,1,2,3,4). The lowest BCUT2D eigenvalue weighted by atomic mass is 10.1. The molecule has 96 valence electrons. The van der Waals surface area contributed by atoms with E-state index in [2.05, 4.69) is 13.8 Å². The molecule has 0 saturated carbocycles. The van der Waals surface area contributed by atoms with E-state index < -0.39 is 10.4 Å². The van der Waals surface area contributed by atoms with E-state index in [1.807, 2.05) is 0 Å². The molecule has 0 saturated heterocycles. The minimum Gasteiger partial charge on any atom is -0.396 e. The molecule has 0 aliphatic carbocycles. The van der Waals surface area contributed by atoms with E-state index in [1.54, 1.807) is 0 Å². The van der Waals surface area contributed by atoms with Gasteiger partial charge in [0.15, 0.2) is 0 Å². The highest BCUT2D eigenvalue weighted by atomic mass is 32.3. The molecule has 6 N–H and O–H groups in total. The van der Waals surface area contributed by atoms with E-state index in [1.165, 1.54) is 19.3 Å². The summed E-state index contributed by atoms with van der Waals surface area (Å²) >= 11 is 0. The highest BCUT2D eigenvalue weighted by molar-refractivity contribution is 7.79. The first-order chi connectivity index (χ1) is 6.27. The molecule has 0 aromatic carbocycles. The van der Waals surface area contributed by atoms with Crippen molar-refractivity contribution >= 4 is 10.4 Å². The Bertz CT molecular complexity index is 195. The SMILES string of the molecule is CC(C)CCCCCO.N.O=S(=O)(O)O. The molecule has 0 aromatic heterocycles. The topological polar surface area (TPSA) is 130 Å². The Labute approximate surface area is 91.9 Å². The number of rotatable bonds is 5. The number of aliphatic hydroxyl groups excluding tert-OH is 1. The Balaban J connectivity index is -0.000000208. The summed E-state index contributed by atoms with van der Waals surface area (Å²) in [5.74, 6) is 0.823. The first kappa shape index (κ1) is 20.2. The Kier molecular flexibility index (Phi) is 16.0. The van der Waals surface area contributed by atoms with Crippen molar-refractivity contribution in [3.05, 3.63) is 0 Å². The molecule has 7 heteroatoms. The summed E-state index contributed by atoms with van der Waals surface area (Å²) in [5.41, 5.74) is 0. The van der Waals surface area contributed by atoms with Gasteiger partial charge in [-0.25, -0.2) is 0 Å². The third kappa shape index (κ3) is 57.2. The average Bonchev–Trinajstić information content (AvgIpc) is 1.94. The zero-order valence-corrected chi connectivity index (χ0v) is 10.2. The van der Waals surface area contributed by atoms with Crippen LogP contribution in [0.15, 0.2) is 0 Å². The van der Waals surface area contributed by atoms with Crippen molar-refractivity contribution in [2.75, 3.05) is 6.61 Å². The second kappa shape index (κ2) is 11.9. The number of unbranched alkanes of at least 4 members (excludes halogenated alkanes) is 2. The van der Waals surface area contributed by atoms with Crippen molar-refractivity contribution in [1.82, 2.24) is 6.15 Å². The van der Waals surface area contributed by atoms with Gasteiger partial charge in [0, 0.05) is 6.61 Å². The Morgan fingerprint density at radius 2 is 1.47 bits per heavy atom. The van der Waals surface area contributed by atoms with Gasteiger partial charge in [-0.15, -0.1) is 0 Å². The molecular weight excluding hydrogens is 222 g/mol. The molecule has 0 heterocycles. The molecule has 0 fully saturated rings. The van der Waals surface area contributed by atoms with Gasteiger partial charge in [-0.3, -0.25) is 9.11 Å². The predicted molar refractivity (Wildman–Crippen MR) is 59.6 cm³/mol. The summed E-state index contributed by atoms with van der Waals surface area (Å²) < 4.78 is 31.6. The molecule has 6 nitrogen and oxygen atoms in total. The van der Waals surface area contributed by atoms with E-state index in [0.717, 1.165) is 12.3 Å². The molecule has 0 rings (SSSR count). The molecule has 15 heavy (non-hydrogen) atoms. The minimum atomic E-state index is -4.67. The summed E-state index contributed by atoms with van der Waals surface area (Å²) in [7, 11) is -4.67. The molecule has 0 atom stereocenters. The van der Waals surface area contributed by atoms with Crippen LogP contribution in [0.25, 0.3) is 0 Å². The Morgan fingerprint density at radius 1 is 1.07 bits per heavy atom. The van der Waals surface area contributed by atoms with Gasteiger partial charge in [-0.1, -0.05) is 33.1 Å². The lowest BCUT2D eigenvalue weighted by molar-refractivity contribution is 0.281. The van der Waals surface area contributed by atoms with Crippen molar-refractivity contribution in [3.63, 3.8) is 0 Å². The third-order valence-corrected chi connectivity index (χ3v) is 1.44. The molecule has 0 aliphatic rings. The lowest BCUT2D eigenvalue weighted by Crippen LogP contribution is -1.89. The van der Waals surface area contributed by atoms with Crippen molar-refractivity contribution in [1.29, 1.82) is 0 Å². The Hall–Kier alpha value is -0.210. The quantitative estimate of drug-likeness (QED) is 0.431. The molecular formula is C8H23NO5S. The van der Waals surface area contributed by atoms with Gasteiger partial charge < -0.3 is 11.3 Å². The molecule has 0 bridgehead atoms. The van der Waals surface area contributed by atoms with Crippen molar-refractivity contribution in [2.24, 2.45) is 5.92 Å².